The Morgan fingerprint density at radius 2 is 1.85 bits per heavy atom. The summed E-state index contributed by atoms with van der Waals surface area (Å²) in [6.07, 6.45) is 5.81. The second kappa shape index (κ2) is 9.69. The zero-order chi connectivity index (χ0) is 26.3. The topological polar surface area (TPSA) is 85.2 Å². The highest BCUT2D eigenvalue weighted by Crippen LogP contribution is 2.33. The molecule has 0 unspecified atom stereocenters. The van der Waals surface area contributed by atoms with Crippen molar-refractivity contribution in [3.8, 4) is 23.0 Å². The second-order valence-electron chi connectivity index (χ2n) is 10.5. The van der Waals surface area contributed by atoms with Crippen LogP contribution in [0.4, 0.5) is 5.95 Å². The Hall–Kier alpha value is -4.46. The van der Waals surface area contributed by atoms with E-state index in [4.69, 9.17) is 14.7 Å². The number of fused-ring (bicyclic) bond motifs is 2. The van der Waals surface area contributed by atoms with Crippen molar-refractivity contribution in [3.05, 3.63) is 72.9 Å². The van der Waals surface area contributed by atoms with Gasteiger partial charge in [-0.1, -0.05) is 36.4 Å². The Labute approximate surface area is 226 Å². The van der Waals surface area contributed by atoms with Gasteiger partial charge in [0.2, 0.25) is 11.9 Å². The molecule has 8 heteroatoms. The molecule has 7 rings (SSSR count). The molecule has 1 saturated heterocycles. The van der Waals surface area contributed by atoms with Crippen molar-refractivity contribution >= 4 is 33.7 Å². The van der Waals surface area contributed by atoms with Crippen LogP contribution in [0.2, 0.25) is 0 Å². The summed E-state index contributed by atoms with van der Waals surface area (Å²) in [6.45, 7) is 1.53. The Balaban J connectivity index is 1.26. The van der Waals surface area contributed by atoms with E-state index in [2.05, 4.69) is 45.2 Å². The number of rotatable bonds is 6. The first kappa shape index (κ1) is 23.6. The van der Waals surface area contributed by atoms with Gasteiger partial charge >= 0.3 is 0 Å². The van der Waals surface area contributed by atoms with E-state index in [-0.39, 0.29) is 12.0 Å². The number of piperidine rings is 1. The molecule has 1 aliphatic carbocycles. The number of ether oxygens (including phenoxy) is 1. The molecule has 8 nitrogen and oxygen atoms in total. The minimum atomic E-state index is 0.125. The Kier molecular flexibility index (Phi) is 5.87. The highest BCUT2D eigenvalue weighted by atomic mass is 16.5. The molecule has 2 fully saturated rings. The van der Waals surface area contributed by atoms with Crippen LogP contribution < -0.4 is 10.1 Å². The number of hydrogen-bond donors (Lipinski definition) is 1. The number of carbonyl (C=O) groups is 1. The molecule has 1 atom stereocenters. The van der Waals surface area contributed by atoms with E-state index in [0.717, 1.165) is 71.6 Å². The van der Waals surface area contributed by atoms with Crippen LogP contribution in [0, 0.1) is 5.92 Å². The number of likely N-dealkylation sites (tertiary alicyclic amines) is 1. The molecule has 2 aromatic heterocycles. The molecule has 1 aliphatic heterocycles. The van der Waals surface area contributed by atoms with Gasteiger partial charge in [0.15, 0.2) is 0 Å². The molecule has 1 N–H and O–H groups in total. The third kappa shape index (κ3) is 4.56. The molecule has 39 heavy (non-hydrogen) atoms. The van der Waals surface area contributed by atoms with Crippen LogP contribution in [0.25, 0.3) is 39.0 Å². The molecule has 0 radical (unpaired) electrons. The van der Waals surface area contributed by atoms with Crippen molar-refractivity contribution in [2.45, 2.75) is 31.7 Å². The molecule has 3 heterocycles. The summed E-state index contributed by atoms with van der Waals surface area (Å²) in [6, 6.07) is 22.7. The Morgan fingerprint density at radius 3 is 2.69 bits per heavy atom. The molecule has 3 aromatic carbocycles. The summed E-state index contributed by atoms with van der Waals surface area (Å²) in [4.78, 5) is 29.1. The summed E-state index contributed by atoms with van der Waals surface area (Å²) >= 11 is 0. The largest absolute Gasteiger partial charge is 0.497 e. The van der Waals surface area contributed by atoms with Gasteiger partial charge in [0.1, 0.15) is 17.4 Å². The predicted molar refractivity (Wildman–Crippen MR) is 152 cm³/mol. The molecular weight excluding hydrogens is 488 g/mol. The maximum Gasteiger partial charge on any atom is 0.225 e. The van der Waals surface area contributed by atoms with Crippen LogP contribution in [0.5, 0.6) is 5.75 Å². The van der Waals surface area contributed by atoms with Crippen LogP contribution in [0.1, 0.15) is 25.7 Å². The molecule has 196 valence electrons. The number of aromatic nitrogens is 4. The molecule has 2 aliphatic rings. The summed E-state index contributed by atoms with van der Waals surface area (Å²) < 4.78 is 7.55. The number of carbonyl (C=O) groups excluding carboxylic acids is 1. The monoisotopic (exact) mass is 518 g/mol. The normalized spacial score (nSPS) is 17.5. The van der Waals surface area contributed by atoms with Crippen molar-refractivity contribution in [1.82, 2.24) is 24.4 Å². The van der Waals surface area contributed by atoms with Crippen molar-refractivity contribution < 1.29 is 9.53 Å². The zero-order valence-electron chi connectivity index (χ0n) is 21.9. The lowest BCUT2D eigenvalue weighted by molar-refractivity contribution is -0.133. The van der Waals surface area contributed by atoms with E-state index < -0.39 is 0 Å². The summed E-state index contributed by atoms with van der Waals surface area (Å²) in [5.74, 6) is 3.38. The van der Waals surface area contributed by atoms with Gasteiger partial charge in [0, 0.05) is 42.9 Å². The third-order valence-corrected chi connectivity index (χ3v) is 7.73. The maximum absolute atomic E-state index is 12.6. The Bertz CT molecular complexity index is 1690. The van der Waals surface area contributed by atoms with Crippen molar-refractivity contribution in [3.63, 3.8) is 0 Å². The number of anilines is 1. The van der Waals surface area contributed by atoms with Gasteiger partial charge in [-0.3, -0.25) is 9.36 Å². The lowest BCUT2D eigenvalue weighted by Crippen LogP contribution is -2.45. The van der Waals surface area contributed by atoms with Crippen molar-refractivity contribution in [1.29, 1.82) is 0 Å². The fourth-order valence-corrected chi connectivity index (χ4v) is 5.55. The Morgan fingerprint density at radius 1 is 0.974 bits per heavy atom. The van der Waals surface area contributed by atoms with E-state index in [0.29, 0.717) is 18.4 Å². The first-order chi connectivity index (χ1) is 19.2. The molecule has 1 amide bonds. The molecule has 5 aromatic rings. The minimum Gasteiger partial charge on any atom is -0.497 e. The number of nitrogens with one attached hydrogen (secondary N) is 1. The number of benzene rings is 3. The summed E-state index contributed by atoms with van der Waals surface area (Å²) in [7, 11) is 1.66. The minimum absolute atomic E-state index is 0.125. The maximum atomic E-state index is 12.6. The number of methoxy groups -OCH3 is 1. The van der Waals surface area contributed by atoms with Crippen LogP contribution >= 0.6 is 0 Å². The summed E-state index contributed by atoms with van der Waals surface area (Å²) in [5.41, 5.74) is 2.76. The number of hydrogen-bond acceptors (Lipinski definition) is 6. The lowest BCUT2D eigenvalue weighted by atomic mass is 10.1. The fraction of sp³-hybridized carbons (Fsp3) is 0.290. The van der Waals surface area contributed by atoms with Gasteiger partial charge in [-0.05, 0) is 60.7 Å². The summed E-state index contributed by atoms with van der Waals surface area (Å²) in [5, 5.41) is 5.84. The van der Waals surface area contributed by atoms with Gasteiger partial charge in [-0.2, -0.15) is 4.98 Å². The van der Waals surface area contributed by atoms with Gasteiger partial charge in [-0.15, -0.1) is 0 Å². The molecule has 0 spiro atoms. The lowest BCUT2D eigenvalue weighted by Gasteiger charge is -2.33. The van der Waals surface area contributed by atoms with Crippen LogP contribution in [0.15, 0.2) is 72.9 Å². The predicted octanol–water partition coefficient (Wildman–Crippen LogP) is 5.46. The average molecular weight is 519 g/mol. The van der Waals surface area contributed by atoms with Crippen LogP contribution in [-0.4, -0.2) is 56.6 Å². The third-order valence-electron chi connectivity index (χ3n) is 7.73. The smallest absolute Gasteiger partial charge is 0.225 e. The second-order valence-corrected chi connectivity index (χ2v) is 10.5. The van der Waals surface area contributed by atoms with E-state index in [1.807, 2.05) is 41.3 Å². The van der Waals surface area contributed by atoms with Crippen LogP contribution in [-0.2, 0) is 4.79 Å². The first-order valence-corrected chi connectivity index (χ1v) is 13.6. The SMILES string of the molecule is COc1ccc2c(c1)nc(-c1ccc3ccccc3c1)n2-c1ccnc(N[C@H]2CCCN(C(=O)C3CC3)C2)n1. The number of nitrogens with zero attached hydrogens (tertiary/aromatic N) is 5. The van der Waals surface area contributed by atoms with E-state index >= 15 is 0 Å². The van der Waals surface area contributed by atoms with E-state index in [1.54, 1.807) is 13.3 Å². The van der Waals surface area contributed by atoms with Gasteiger partial charge in [0.05, 0.1) is 18.1 Å². The van der Waals surface area contributed by atoms with Gasteiger partial charge in [-0.25, -0.2) is 9.97 Å². The van der Waals surface area contributed by atoms with Crippen LogP contribution in [0.3, 0.4) is 0 Å². The quantitative estimate of drug-likeness (QED) is 0.321. The number of imidazole rings is 1. The number of amides is 1. The molecule has 0 bridgehead atoms. The van der Waals surface area contributed by atoms with Gasteiger partial charge < -0.3 is 15.0 Å². The molecule has 1 saturated carbocycles. The van der Waals surface area contributed by atoms with Crippen molar-refractivity contribution in [2.75, 3.05) is 25.5 Å². The average Bonchev–Trinajstić information content (AvgIpc) is 3.76. The standard InChI is InChI=1S/C31H30N6O2/c1-39-25-12-13-27-26(18-25)34-29(23-11-8-20-5-2-3-6-22(20)17-23)37(27)28-14-15-32-31(35-28)33-24-7-4-16-36(19-24)30(38)21-9-10-21/h2-3,5-6,8,11-15,17-18,21,24H,4,7,9-10,16,19H2,1H3,(H,32,33,35)/t24-/m0/s1. The first-order valence-electron chi connectivity index (χ1n) is 13.6. The van der Waals surface area contributed by atoms with E-state index in [9.17, 15) is 4.79 Å². The molecular formula is C31H30N6O2. The zero-order valence-corrected chi connectivity index (χ0v) is 21.9. The van der Waals surface area contributed by atoms with E-state index in [1.165, 1.54) is 5.39 Å². The fourth-order valence-electron chi connectivity index (χ4n) is 5.55. The van der Waals surface area contributed by atoms with Gasteiger partial charge in [0.25, 0.3) is 0 Å². The highest BCUT2D eigenvalue weighted by Gasteiger charge is 2.35. The van der Waals surface area contributed by atoms with Crippen molar-refractivity contribution in [2.24, 2.45) is 5.92 Å². The highest BCUT2D eigenvalue weighted by molar-refractivity contribution is 5.89.